The lowest BCUT2D eigenvalue weighted by Gasteiger charge is -2.11. The third-order valence-electron chi connectivity index (χ3n) is 3.24. The van der Waals surface area contributed by atoms with Crippen LogP contribution in [-0.2, 0) is 13.0 Å². The number of rotatable bonds is 6. The number of halogens is 1. The van der Waals surface area contributed by atoms with Crippen molar-refractivity contribution in [1.29, 1.82) is 0 Å². The Morgan fingerprint density at radius 2 is 1.85 bits per heavy atom. The lowest BCUT2D eigenvalue weighted by Crippen LogP contribution is -2.21. The Kier molecular flexibility index (Phi) is 5.62. The Morgan fingerprint density at radius 3 is 2.55 bits per heavy atom. The predicted octanol–water partition coefficient (Wildman–Crippen LogP) is 4.31. The first-order chi connectivity index (χ1) is 9.67. The molecule has 0 heterocycles. The molecular weight excluding hydrogens is 314 g/mol. The van der Waals surface area contributed by atoms with Crippen LogP contribution in [0.3, 0.4) is 0 Å². The summed E-state index contributed by atoms with van der Waals surface area (Å²) in [5, 5.41) is 0. The van der Waals surface area contributed by atoms with Gasteiger partial charge in [0.05, 0.1) is 0 Å². The maximum absolute atomic E-state index is 5.99. The first-order valence-electron chi connectivity index (χ1n) is 6.89. The van der Waals surface area contributed by atoms with E-state index in [0.29, 0.717) is 6.61 Å². The lowest BCUT2D eigenvalue weighted by atomic mass is 10.0. The second-order valence-electron chi connectivity index (χ2n) is 4.93. The van der Waals surface area contributed by atoms with Crippen LogP contribution in [0.15, 0.2) is 53.0 Å². The molecule has 1 atom stereocenters. The monoisotopic (exact) mass is 333 g/mol. The Hall–Kier alpha value is -1.32. The normalized spacial score (nSPS) is 12.2. The van der Waals surface area contributed by atoms with Gasteiger partial charge in [-0.3, -0.25) is 0 Å². The first-order valence-corrected chi connectivity index (χ1v) is 7.68. The molecule has 2 N–H and O–H groups in total. The van der Waals surface area contributed by atoms with Crippen LogP contribution in [0.4, 0.5) is 0 Å². The highest BCUT2D eigenvalue weighted by molar-refractivity contribution is 9.10. The third kappa shape index (κ3) is 4.66. The number of hydrogen-bond acceptors (Lipinski definition) is 2. The minimum atomic E-state index is 0.219. The Balaban J connectivity index is 1.95. The van der Waals surface area contributed by atoms with Gasteiger partial charge in [-0.15, -0.1) is 0 Å². The van der Waals surface area contributed by atoms with E-state index in [1.54, 1.807) is 0 Å². The Labute approximate surface area is 129 Å². The van der Waals surface area contributed by atoms with Gasteiger partial charge in [0.25, 0.3) is 0 Å². The molecule has 0 fully saturated rings. The van der Waals surface area contributed by atoms with E-state index in [9.17, 15) is 0 Å². The average molecular weight is 334 g/mol. The second-order valence-corrected chi connectivity index (χ2v) is 5.85. The summed E-state index contributed by atoms with van der Waals surface area (Å²) in [7, 11) is 0. The molecule has 0 aliphatic rings. The van der Waals surface area contributed by atoms with E-state index in [-0.39, 0.29) is 6.04 Å². The van der Waals surface area contributed by atoms with E-state index in [2.05, 4.69) is 47.1 Å². The van der Waals surface area contributed by atoms with Crippen molar-refractivity contribution in [2.75, 3.05) is 0 Å². The summed E-state index contributed by atoms with van der Waals surface area (Å²) in [6, 6.07) is 16.6. The second kappa shape index (κ2) is 7.46. The number of nitrogens with two attached hydrogens (primary N) is 1. The van der Waals surface area contributed by atoms with Crippen molar-refractivity contribution in [3.8, 4) is 5.75 Å². The molecule has 1 unspecified atom stereocenters. The van der Waals surface area contributed by atoms with E-state index < -0.39 is 0 Å². The zero-order valence-electron chi connectivity index (χ0n) is 11.7. The largest absolute Gasteiger partial charge is 0.489 e. The van der Waals surface area contributed by atoms with Gasteiger partial charge < -0.3 is 10.5 Å². The summed E-state index contributed by atoms with van der Waals surface area (Å²) in [5.74, 6) is 0.897. The molecule has 2 nitrogen and oxygen atoms in total. The van der Waals surface area contributed by atoms with Crippen molar-refractivity contribution >= 4 is 15.9 Å². The van der Waals surface area contributed by atoms with Crippen LogP contribution in [0.25, 0.3) is 0 Å². The minimum absolute atomic E-state index is 0.219. The predicted molar refractivity (Wildman–Crippen MR) is 86.9 cm³/mol. The van der Waals surface area contributed by atoms with E-state index in [4.69, 9.17) is 10.5 Å². The number of hydrogen-bond donors (Lipinski definition) is 1. The summed E-state index contributed by atoms with van der Waals surface area (Å²) in [6.07, 6.45) is 1.88. The molecule has 0 aliphatic heterocycles. The molecular formula is C17H20BrNO. The van der Waals surface area contributed by atoms with Crippen LogP contribution < -0.4 is 10.5 Å². The van der Waals surface area contributed by atoms with Crippen LogP contribution in [0.5, 0.6) is 5.75 Å². The van der Waals surface area contributed by atoms with Crippen LogP contribution in [0.2, 0.25) is 0 Å². The SMILES string of the molecule is CCC(N)Cc1cccc(OCc2ccc(Br)cc2)c1. The summed E-state index contributed by atoms with van der Waals surface area (Å²) >= 11 is 3.43. The van der Waals surface area contributed by atoms with Gasteiger partial charge >= 0.3 is 0 Å². The van der Waals surface area contributed by atoms with Crippen LogP contribution in [0.1, 0.15) is 24.5 Å². The van der Waals surface area contributed by atoms with Gasteiger partial charge in [0.1, 0.15) is 12.4 Å². The summed E-state index contributed by atoms with van der Waals surface area (Å²) in [5.41, 5.74) is 8.37. The molecule has 0 aliphatic carbocycles. The molecule has 0 amide bonds. The van der Waals surface area contributed by atoms with Gasteiger partial charge in [-0.2, -0.15) is 0 Å². The summed E-state index contributed by atoms with van der Waals surface area (Å²) < 4.78 is 6.91. The molecule has 2 aromatic carbocycles. The topological polar surface area (TPSA) is 35.2 Å². The fraction of sp³-hybridized carbons (Fsp3) is 0.294. The Morgan fingerprint density at radius 1 is 1.10 bits per heavy atom. The lowest BCUT2D eigenvalue weighted by molar-refractivity contribution is 0.306. The Bertz CT molecular complexity index is 539. The maximum Gasteiger partial charge on any atom is 0.120 e. The van der Waals surface area contributed by atoms with Gasteiger partial charge in [-0.1, -0.05) is 47.1 Å². The van der Waals surface area contributed by atoms with Crippen molar-refractivity contribution in [3.63, 3.8) is 0 Å². The molecule has 2 rings (SSSR count). The fourth-order valence-corrected chi connectivity index (χ4v) is 2.22. The van der Waals surface area contributed by atoms with Gasteiger partial charge in [0.15, 0.2) is 0 Å². The van der Waals surface area contributed by atoms with E-state index >= 15 is 0 Å². The van der Waals surface area contributed by atoms with Crippen molar-refractivity contribution in [2.24, 2.45) is 5.73 Å². The number of ether oxygens (including phenoxy) is 1. The van der Waals surface area contributed by atoms with E-state index in [0.717, 1.165) is 28.6 Å². The standard InChI is InChI=1S/C17H20BrNO/c1-2-16(19)10-14-4-3-5-17(11-14)20-12-13-6-8-15(18)9-7-13/h3-9,11,16H,2,10,12,19H2,1H3. The maximum atomic E-state index is 5.99. The molecule has 106 valence electrons. The highest BCUT2D eigenvalue weighted by Gasteiger charge is 2.03. The quantitative estimate of drug-likeness (QED) is 0.854. The zero-order chi connectivity index (χ0) is 14.4. The molecule has 3 heteroatoms. The van der Waals surface area contributed by atoms with Gasteiger partial charge in [-0.25, -0.2) is 0 Å². The van der Waals surface area contributed by atoms with Crippen LogP contribution in [-0.4, -0.2) is 6.04 Å². The number of benzene rings is 2. The van der Waals surface area contributed by atoms with Crippen LogP contribution in [0, 0.1) is 0 Å². The molecule has 0 spiro atoms. The fourth-order valence-electron chi connectivity index (χ4n) is 1.96. The highest BCUT2D eigenvalue weighted by atomic mass is 79.9. The van der Waals surface area contributed by atoms with Crippen molar-refractivity contribution in [1.82, 2.24) is 0 Å². The minimum Gasteiger partial charge on any atom is -0.489 e. The van der Waals surface area contributed by atoms with E-state index in [1.165, 1.54) is 5.56 Å². The molecule has 0 radical (unpaired) electrons. The van der Waals surface area contributed by atoms with Crippen molar-refractivity contribution < 1.29 is 4.74 Å². The van der Waals surface area contributed by atoms with Gasteiger partial charge in [0, 0.05) is 10.5 Å². The molecule has 0 saturated heterocycles. The van der Waals surface area contributed by atoms with Crippen molar-refractivity contribution in [3.05, 3.63) is 64.1 Å². The molecule has 2 aromatic rings. The zero-order valence-corrected chi connectivity index (χ0v) is 13.3. The highest BCUT2D eigenvalue weighted by Crippen LogP contribution is 2.17. The van der Waals surface area contributed by atoms with Crippen molar-refractivity contribution in [2.45, 2.75) is 32.4 Å². The average Bonchev–Trinajstić information content (AvgIpc) is 2.47. The van der Waals surface area contributed by atoms with Gasteiger partial charge in [0.2, 0.25) is 0 Å². The smallest absolute Gasteiger partial charge is 0.120 e. The molecule has 0 bridgehead atoms. The summed E-state index contributed by atoms with van der Waals surface area (Å²) in [4.78, 5) is 0. The molecule has 0 saturated carbocycles. The summed E-state index contributed by atoms with van der Waals surface area (Å²) in [6.45, 7) is 2.69. The van der Waals surface area contributed by atoms with E-state index in [1.807, 2.05) is 24.3 Å². The van der Waals surface area contributed by atoms with Gasteiger partial charge in [-0.05, 0) is 48.2 Å². The third-order valence-corrected chi connectivity index (χ3v) is 3.77. The molecule has 20 heavy (non-hydrogen) atoms. The molecule has 0 aromatic heterocycles. The first kappa shape index (κ1) is 15.1. The van der Waals surface area contributed by atoms with Crippen LogP contribution >= 0.6 is 15.9 Å².